The van der Waals surface area contributed by atoms with Gasteiger partial charge in [0.1, 0.15) is 5.78 Å². The summed E-state index contributed by atoms with van der Waals surface area (Å²) in [6.45, 7) is 0. The Bertz CT molecular complexity index is 524. The number of hydrogen-bond donors (Lipinski definition) is 0. The first-order valence-electron chi connectivity index (χ1n) is 6.04. The highest BCUT2D eigenvalue weighted by Gasteiger charge is 2.31. The smallest absolute Gasteiger partial charge is 0.171 e. The monoisotopic (exact) mass is 282 g/mol. The van der Waals surface area contributed by atoms with E-state index in [4.69, 9.17) is 4.74 Å². The van der Waals surface area contributed by atoms with E-state index in [2.05, 4.69) is 0 Å². The zero-order valence-electron chi connectivity index (χ0n) is 10.9. The Hall–Kier alpha value is -1.36. The van der Waals surface area contributed by atoms with Crippen LogP contribution in [-0.4, -0.2) is 24.9 Å². The van der Waals surface area contributed by atoms with Crippen molar-refractivity contribution in [3.63, 3.8) is 0 Å². The van der Waals surface area contributed by atoms with Crippen molar-refractivity contribution in [1.82, 2.24) is 0 Å². The van der Waals surface area contributed by atoms with Gasteiger partial charge in [0, 0.05) is 11.5 Å². The molecule has 0 spiro atoms. The van der Waals surface area contributed by atoms with Crippen molar-refractivity contribution in [2.24, 2.45) is 5.92 Å². The largest absolute Gasteiger partial charge is 0.492 e. The summed E-state index contributed by atoms with van der Waals surface area (Å²) in [4.78, 5) is 24.3. The first kappa shape index (κ1) is 14.1. The zero-order chi connectivity index (χ0) is 14.0. The maximum Gasteiger partial charge on any atom is 0.171 e. The van der Waals surface area contributed by atoms with Gasteiger partial charge in [-0.05, 0) is 31.2 Å². The van der Waals surface area contributed by atoms with E-state index in [1.165, 1.54) is 31.0 Å². The lowest BCUT2D eigenvalue weighted by Gasteiger charge is -2.11. The Morgan fingerprint density at radius 1 is 1.42 bits per heavy atom. The fraction of sp³-hybridized carbons (Fsp3) is 0.429. The van der Waals surface area contributed by atoms with Gasteiger partial charge in [-0.25, -0.2) is 4.39 Å². The summed E-state index contributed by atoms with van der Waals surface area (Å²) in [7, 11) is 1.36. The second kappa shape index (κ2) is 5.74. The number of halogens is 1. The molecule has 102 valence electrons. The summed E-state index contributed by atoms with van der Waals surface area (Å²) in [6.07, 6.45) is 3.41. The van der Waals surface area contributed by atoms with Crippen LogP contribution in [0.1, 0.15) is 29.6 Å². The molecule has 1 aromatic rings. The summed E-state index contributed by atoms with van der Waals surface area (Å²) in [5.41, 5.74) is 0.361. The molecule has 0 aromatic heterocycles. The molecule has 1 aliphatic carbocycles. The van der Waals surface area contributed by atoms with Crippen molar-refractivity contribution in [2.45, 2.75) is 24.2 Å². The van der Waals surface area contributed by atoms with Gasteiger partial charge in [0.2, 0.25) is 0 Å². The molecular formula is C14H15FO3S. The summed E-state index contributed by atoms with van der Waals surface area (Å²) < 4.78 is 18.6. The van der Waals surface area contributed by atoms with E-state index < -0.39 is 5.82 Å². The Labute approximate surface area is 115 Å². The van der Waals surface area contributed by atoms with Crippen LogP contribution >= 0.6 is 11.8 Å². The molecule has 1 aromatic carbocycles. The summed E-state index contributed by atoms with van der Waals surface area (Å²) in [6, 6.07) is 2.62. The van der Waals surface area contributed by atoms with Gasteiger partial charge in [-0.3, -0.25) is 9.59 Å². The summed E-state index contributed by atoms with van der Waals surface area (Å²) in [5, 5.41) is 0. The van der Waals surface area contributed by atoms with E-state index in [0.717, 1.165) is 12.8 Å². The van der Waals surface area contributed by atoms with Gasteiger partial charge in [-0.1, -0.05) is 0 Å². The van der Waals surface area contributed by atoms with Gasteiger partial charge in [0.05, 0.1) is 18.4 Å². The molecule has 1 fully saturated rings. The number of ether oxygens (including phenoxy) is 1. The quantitative estimate of drug-likeness (QED) is 0.457. The van der Waals surface area contributed by atoms with E-state index >= 15 is 0 Å². The van der Waals surface area contributed by atoms with Crippen LogP contribution in [0.25, 0.3) is 0 Å². The predicted octanol–water partition coefficient (Wildman–Crippen LogP) is 3.11. The van der Waals surface area contributed by atoms with Gasteiger partial charge >= 0.3 is 0 Å². The van der Waals surface area contributed by atoms with Crippen LogP contribution in [0.15, 0.2) is 17.0 Å². The molecule has 0 N–H and O–H groups in total. The van der Waals surface area contributed by atoms with Crippen LogP contribution in [0.4, 0.5) is 4.39 Å². The van der Waals surface area contributed by atoms with Crippen molar-refractivity contribution in [3.05, 3.63) is 23.5 Å². The standard InChI is InChI=1S/C14H15FO3S/c1-18-13-10(15)6-5-9(14(13)19-2)12(17)7-11(16)8-3-4-8/h5-6,8H,3-4,7H2,1-2H3. The summed E-state index contributed by atoms with van der Waals surface area (Å²) in [5.74, 6) is -0.655. The fourth-order valence-electron chi connectivity index (χ4n) is 1.95. The highest BCUT2D eigenvalue weighted by atomic mass is 32.2. The van der Waals surface area contributed by atoms with E-state index in [0.29, 0.717) is 10.5 Å². The number of Topliss-reactive ketones (excluding diaryl/α,β-unsaturated/α-hetero) is 2. The van der Waals surface area contributed by atoms with E-state index in [1.54, 1.807) is 6.26 Å². The molecule has 1 saturated carbocycles. The first-order chi connectivity index (χ1) is 9.08. The third-order valence-corrected chi connectivity index (χ3v) is 3.95. The lowest BCUT2D eigenvalue weighted by atomic mass is 10.0. The Balaban J connectivity index is 2.27. The fourth-order valence-corrected chi connectivity index (χ4v) is 2.72. The molecule has 0 bridgehead atoms. The van der Waals surface area contributed by atoms with Crippen molar-refractivity contribution in [2.75, 3.05) is 13.4 Å². The molecule has 0 amide bonds. The van der Waals surface area contributed by atoms with E-state index in [1.807, 2.05) is 0 Å². The minimum atomic E-state index is -0.503. The number of carbonyl (C=O) groups is 2. The van der Waals surface area contributed by atoms with Gasteiger partial charge in [0.25, 0.3) is 0 Å². The molecule has 2 rings (SSSR count). The average Bonchev–Trinajstić information content (AvgIpc) is 3.22. The van der Waals surface area contributed by atoms with Crippen molar-refractivity contribution < 1.29 is 18.7 Å². The van der Waals surface area contributed by atoms with E-state index in [9.17, 15) is 14.0 Å². The van der Waals surface area contributed by atoms with Crippen LogP contribution < -0.4 is 4.74 Å². The van der Waals surface area contributed by atoms with Gasteiger partial charge in [-0.15, -0.1) is 11.8 Å². The molecule has 0 aliphatic heterocycles. The number of thioether (sulfide) groups is 1. The number of carbonyl (C=O) groups excluding carboxylic acids is 2. The molecule has 0 heterocycles. The normalized spacial score (nSPS) is 14.3. The van der Waals surface area contributed by atoms with Crippen molar-refractivity contribution in [1.29, 1.82) is 0 Å². The number of hydrogen-bond acceptors (Lipinski definition) is 4. The Kier molecular flexibility index (Phi) is 4.24. The SMILES string of the molecule is COc1c(F)ccc(C(=O)CC(=O)C2CC2)c1SC. The van der Waals surface area contributed by atoms with Gasteiger partial charge < -0.3 is 4.74 Å². The van der Waals surface area contributed by atoms with Gasteiger partial charge in [-0.2, -0.15) is 0 Å². The Morgan fingerprint density at radius 3 is 2.63 bits per heavy atom. The molecule has 1 aliphatic rings. The molecule has 0 unspecified atom stereocenters. The second-order valence-corrected chi connectivity index (χ2v) is 5.32. The van der Waals surface area contributed by atoms with Crippen LogP contribution in [0, 0.1) is 11.7 Å². The molecule has 5 heteroatoms. The van der Waals surface area contributed by atoms with Crippen molar-refractivity contribution >= 4 is 23.3 Å². The predicted molar refractivity (Wildman–Crippen MR) is 71.4 cm³/mol. The second-order valence-electron chi connectivity index (χ2n) is 4.50. The van der Waals surface area contributed by atoms with Crippen LogP contribution in [-0.2, 0) is 4.79 Å². The number of methoxy groups -OCH3 is 1. The average molecular weight is 282 g/mol. The lowest BCUT2D eigenvalue weighted by molar-refractivity contribution is -0.119. The summed E-state index contributed by atoms with van der Waals surface area (Å²) >= 11 is 1.24. The molecule has 0 atom stereocenters. The Morgan fingerprint density at radius 2 is 2.11 bits per heavy atom. The molecule has 0 radical (unpaired) electrons. The minimum absolute atomic E-state index is 0.0136. The topological polar surface area (TPSA) is 43.4 Å². The van der Waals surface area contributed by atoms with Crippen molar-refractivity contribution in [3.8, 4) is 5.75 Å². The van der Waals surface area contributed by atoms with E-state index in [-0.39, 0.29) is 29.7 Å². The highest BCUT2D eigenvalue weighted by molar-refractivity contribution is 7.98. The molecule has 19 heavy (non-hydrogen) atoms. The molecule has 0 saturated heterocycles. The highest BCUT2D eigenvalue weighted by Crippen LogP contribution is 2.35. The zero-order valence-corrected chi connectivity index (χ0v) is 11.7. The lowest BCUT2D eigenvalue weighted by Crippen LogP contribution is -2.11. The molecular weight excluding hydrogens is 267 g/mol. The molecule has 3 nitrogen and oxygen atoms in total. The third-order valence-electron chi connectivity index (χ3n) is 3.14. The number of benzene rings is 1. The van der Waals surface area contributed by atoms with Crippen LogP contribution in [0.5, 0.6) is 5.75 Å². The maximum absolute atomic E-state index is 13.6. The van der Waals surface area contributed by atoms with Crippen LogP contribution in [0.2, 0.25) is 0 Å². The maximum atomic E-state index is 13.6. The van der Waals surface area contributed by atoms with Crippen LogP contribution in [0.3, 0.4) is 0 Å². The van der Waals surface area contributed by atoms with Gasteiger partial charge in [0.15, 0.2) is 17.3 Å². The number of rotatable bonds is 6. The number of ketones is 2. The minimum Gasteiger partial charge on any atom is -0.492 e. The third kappa shape index (κ3) is 2.97. The first-order valence-corrected chi connectivity index (χ1v) is 7.27.